The van der Waals surface area contributed by atoms with Gasteiger partial charge in [-0.15, -0.1) is 0 Å². The predicted octanol–water partition coefficient (Wildman–Crippen LogP) is 3.04. The number of ether oxygens (including phenoxy) is 1. The molecular formula is C20H26N2O4. The number of imide groups is 1. The molecule has 1 aromatic carbocycles. The first-order chi connectivity index (χ1) is 12.2. The van der Waals surface area contributed by atoms with Gasteiger partial charge < -0.3 is 10.1 Å². The summed E-state index contributed by atoms with van der Waals surface area (Å²) in [5, 5.41) is 3.01. The molecule has 1 aromatic rings. The molecule has 0 unspecified atom stereocenters. The molecule has 26 heavy (non-hydrogen) atoms. The summed E-state index contributed by atoms with van der Waals surface area (Å²) in [5.41, 5.74) is 0.0918. The van der Waals surface area contributed by atoms with Gasteiger partial charge in [0.25, 0.3) is 0 Å². The summed E-state index contributed by atoms with van der Waals surface area (Å²) in [7, 11) is 0. The van der Waals surface area contributed by atoms with Crippen molar-refractivity contribution in [3.63, 3.8) is 0 Å². The molecule has 0 aromatic heterocycles. The quantitative estimate of drug-likeness (QED) is 0.901. The van der Waals surface area contributed by atoms with Gasteiger partial charge >= 0.3 is 6.09 Å². The fourth-order valence-electron chi connectivity index (χ4n) is 3.30. The molecule has 3 rings (SSSR count). The van der Waals surface area contributed by atoms with Crippen molar-refractivity contribution in [1.82, 2.24) is 10.2 Å². The lowest BCUT2D eigenvalue weighted by molar-refractivity contribution is -0.130. The van der Waals surface area contributed by atoms with Crippen molar-refractivity contribution in [3.8, 4) is 0 Å². The smallest absolute Gasteiger partial charge is 0.417 e. The Hall–Kier alpha value is -2.37. The maximum absolute atomic E-state index is 12.9. The summed E-state index contributed by atoms with van der Waals surface area (Å²) < 4.78 is 5.46. The van der Waals surface area contributed by atoms with E-state index in [1.807, 2.05) is 30.3 Å². The van der Waals surface area contributed by atoms with E-state index in [4.69, 9.17) is 4.74 Å². The third-order valence-electron chi connectivity index (χ3n) is 4.77. The lowest BCUT2D eigenvalue weighted by Crippen LogP contribution is -2.44. The number of nitrogens with zero attached hydrogens (tertiary/aromatic N) is 1. The Morgan fingerprint density at radius 1 is 1.15 bits per heavy atom. The van der Waals surface area contributed by atoms with E-state index in [-0.39, 0.29) is 17.7 Å². The molecule has 3 atom stereocenters. The normalized spacial score (nSPS) is 25.9. The number of hydrogen-bond acceptors (Lipinski definition) is 4. The first kappa shape index (κ1) is 18.4. The van der Waals surface area contributed by atoms with Crippen molar-refractivity contribution in [1.29, 1.82) is 0 Å². The zero-order chi connectivity index (χ0) is 19.1. The van der Waals surface area contributed by atoms with Crippen LogP contribution in [0.4, 0.5) is 4.79 Å². The number of likely N-dealkylation sites (tertiary alicyclic amines) is 1. The Balaban J connectivity index is 1.94. The van der Waals surface area contributed by atoms with E-state index in [0.717, 1.165) is 18.4 Å². The van der Waals surface area contributed by atoms with Crippen LogP contribution in [0.2, 0.25) is 0 Å². The third kappa shape index (κ3) is 3.74. The molecule has 0 radical (unpaired) electrons. The van der Waals surface area contributed by atoms with Crippen LogP contribution in [0.5, 0.6) is 0 Å². The zero-order valence-electron chi connectivity index (χ0n) is 15.7. The van der Waals surface area contributed by atoms with Crippen LogP contribution in [-0.2, 0) is 14.3 Å². The molecule has 1 aliphatic carbocycles. The lowest BCUT2D eigenvalue weighted by atomic mass is 9.94. The SMILES string of the molecule is C[C@@H]1C(=O)N(C(=O)OC(C)(C)C)[C@H](c2ccccc2)[C@H]1NC(=O)C1CC1. The van der Waals surface area contributed by atoms with E-state index in [9.17, 15) is 14.4 Å². The minimum absolute atomic E-state index is 0.0318. The van der Waals surface area contributed by atoms with Gasteiger partial charge in [-0.05, 0) is 39.2 Å². The van der Waals surface area contributed by atoms with E-state index >= 15 is 0 Å². The van der Waals surface area contributed by atoms with Crippen LogP contribution in [0.25, 0.3) is 0 Å². The van der Waals surface area contributed by atoms with Gasteiger partial charge in [-0.2, -0.15) is 0 Å². The molecule has 6 heteroatoms. The largest absolute Gasteiger partial charge is 0.443 e. The van der Waals surface area contributed by atoms with Crippen molar-refractivity contribution in [3.05, 3.63) is 35.9 Å². The highest BCUT2D eigenvalue weighted by atomic mass is 16.6. The third-order valence-corrected chi connectivity index (χ3v) is 4.77. The summed E-state index contributed by atoms with van der Waals surface area (Å²) in [5.74, 6) is -0.837. The molecule has 0 spiro atoms. The number of nitrogens with one attached hydrogen (secondary N) is 1. The Morgan fingerprint density at radius 3 is 2.31 bits per heavy atom. The molecule has 3 amide bonds. The van der Waals surface area contributed by atoms with Crippen molar-refractivity contribution in [2.75, 3.05) is 0 Å². The molecule has 1 N–H and O–H groups in total. The number of carbonyl (C=O) groups is 3. The number of benzene rings is 1. The highest BCUT2D eigenvalue weighted by molar-refractivity contribution is 5.97. The molecule has 1 saturated heterocycles. The van der Waals surface area contributed by atoms with Gasteiger partial charge in [0.2, 0.25) is 11.8 Å². The Bertz CT molecular complexity index is 706. The molecule has 0 bridgehead atoms. The van der Waals surface area contributed by atoms with Gasteiger partial charge in [-0.1, -0.05) is 37.3 Å². The maximum atomic E-state index is 12.9. The molecule has 2 fully saturated rings. The first-order valence-electron chi connectivity index (χ1n) is 9.10. The van der Waals surface area contributed by atoms with Crippen LogP contribution in [0, 0.1) is 11.8 Å². The summed E-state index contributed by atoms with van der Waals surface area (Å²) in [6.45, 7) is 7.04. The Labute approximate surface area is 153 Å². The monoisotopic (exact) mass is 358 g/mol. The average molecular weight is 358 g/mol. The number of hydrogen-bond donors (Lipinski definition) is 1. The minimum Gasteiger partial charge on any atom is -0.443 e. The van der Waals surface area contributed by atoms with E-state index in [1.54, 1.807) is 27.7 Å². The second kappa shape index (κ2) is 6.74. The van der Waals surface area contributed by atoms with Crippen molar-refractivity contribution in [2.24, 2.45) is 11.8 Å². The topological polar surface area (TPSA) is 75.7 Å². The lowest BCUT2D eigenvalue weighted by Gasteiger charge is -2.30. The van der Waals surface area contributed by atoms with Gasteiger partial charge in [0.05, 0.1) is 18.0 Å². The van der Waals surface area contributed by atoms with Crippen LogP contribution in [0.15, 0.2) is 30.3 Å². The highest BCUT2D eigenvalue weighted by Gasteiger charge is 2.51. The number of rotatable bonds is 3. The fraction of sp³-hybridized carbons (Fsp3) is 0.550. The first-order valence-corrected chi connectivity index (χ1v) is 9.10. The number of carbonyl (C=O) groups excluding carboxylic acids is 3. The molecule has 2 aliphatic rings. The van der Waals surface area contributed by atoms with E-state index in [1.165, 1.54) is 4.90 Å². The standard InChI is InChI=1S/C20H26N2O4/c1-12-15(21-17(23)14-10-11-14)16(13-8-6-5-7-9-13)22(18(12)24)19(25)26-20(2,3)4/h5-9,12,14-16H,10-11H2,1-4H3,(H,21,23)/t12-,15-,16+/m0/s1. The van der Waals surface area contributed by atoms with Crippen LogP contribution >= 0.6 is 0 Å². The Morgan fingerprint density at radius 2 is 1.77 bits per heavy atom. The summed E-state index contributed by atoms with van der Waals surface area (Å²) >= 11 is 0. The van der Waals surface area contributed by atoms with Crippen LogP contribution < -0.4 is 5.32 Å². The summed E-state index contributed by atoms with van der Waals surface area (Å²) in [6.07, 6.45) is 1.09. The van der Waals surface area contributed by atoms with Gasteiger partial charge in [-0.25, -0.2) is 9.69 Å². The second-order valence-corrected chi connectivity index (χ2v) is 8.14. The van der Waals surface area contributed by atoms with Crippen LogP contribution in [0.1, 0.15) is 52.1 Å². The number of amides is 3. The fourth-order valence-corrected chi connectivity index (χ4v) is 3.30. The van der Waals surface area contributed by atoms with Gasteiger partial charge in [0.1, 0.15) is 5.60 Å². The van der Waals surface area contributed by atoms with E-state index in [0.29, 0.717) is 0 Å². The van der Waals surface area contributed by atoms with Crippen molar-refractivity contribution >= 4 is 17.9 Å². The minimum atomic E-state index is -0.711. The van der Waals surface area contributed by atoms with Crippen molar-refractivity contribution in [2.45, 2.75) is 58.2 Å². The summed E-state index contributed by atoms with van der Waals surface area (Å²) in [4.78, 5) is 39.1. The molecule has 1 heterocycles. The Kier molecular flexibility index (Phi) is 4.78. The average Bonchev–Trinajstić information content (AvgIpc) is 3.37. The summed E-state index contributed by atoms with van der Waals surface area (Å²) in [6, 6.07) is 8.28. The van der Waals surface area contributed by atoms with Crippen LogP contribution in [0.3, 0.4) is 0 Å². The van der Waals surface area contributed by atoms with E-state index < -0.39 is 29.7 Å². The van der Waals surface area contributed by atoms with Gasteiger partial charge in [-0.3, -0.25) is 9.59 Å². The van der Waals surface area contributed by atoms with Crippen LogP contribution in [-0.4, -0.2) is 34.5 Å². The van der Waals surface area contributed by atoms with Gasteiger partial charge in [0.15, 0.2) is 0 Å². The van der Waals surface area contributed by atoms with Crippen molar-refractivity contribution < 1.29 is 19.1 Å². The maximum Gasteiger partial charge on any atom is 0.417 e. The zero-order valence-corrected chi connectivity index (χ0v) is 15.7. The molecule has 1 saturated carbocycles. The van der Waals surface area contributed by atoms with Gasteiger partial charge in [0, 0.05) is 5.92 Å². The molecule has 140 valence electrons. The highest BCUT2D eigenvalue weighted by Crippen LogP contribution is 2.39. The van der Waals surface area contributed by atoms with E-state index in [2.05, 4.69) is 5.32 Å². The molecule has 1 aliphatic heterocycles. The predicted molar refractivity (Wildman–Crippen MR) is 96.1 cm³/mol. The second-order valence-electron chi connectivity index (χ2n) is 8.14. The molecular weight excluding hydrogens is 332 g/mol. The molecule has 6 nitrogen and oxygen atoms in total.